The minimum absolute atomic E-state index is 0.0236. The van der Waals surface area contributed by atoms with Crippen molar-refractivity contribution in [3.05, 3.63) is 52.6 Å². The molecular formula is C16H15N3O5. The van der Waals surface area contributed by atoms with Gasteiger partial charge >= 0.3 is 0 Å². The van der Waals surface area contributed by atoms with E-state index in [4.69, 9.17) is 14.2 Å². The Balaban J connectivity index is 1.56. The lowest BCUT2D eigenvalue weighted by atomic mass is 10.2. The maximum absolute atomic E-state index is 10.6. The van der Waals surface area contributed by atoms with Crippen molar-refractivity contribution < 1.29 is 19.1 Å². The van der Waals surface area contributed by atoms with Crippen LogP contribution >= 0.6 is 0 Å². The summed E-state index contributed by atoms with van der Waals surface area (Å²) in [6.07, 6.45) is 0. The van der Waals surface area contributed by atoms with Crippen molar-refractivity contribution >= 4 is 16.6 Å². The predicted molar refractivity (Wildman–Crippen MR) is 86.7 cm³/mol. The number of aromatic amines is 1. The summed E-state index contributed by atoms with van der Waals surface area (Å²) in [5, 5.41) is 18.4. The van der Waals surface area contributed by atoms with Gasteiger partial charge in [-0.2, -0.15) is 0 Å². The third-order valence-corrected chi connectivity index (χ3v) is 3.37. The van der Waals surface area contributed by atoms with E-state index < -0.39 is 4.92 Å². The second-order valence-corrected chi connectivity index (χ2v) is 4.89. The summed E-state index contributed by atoms with van der Waals surface area (Å²) in [4.78, 5) is 10.1. The molecule has 8 nitrogen and oxygen atoms in total. The summed E-state index contributed by atoms with van der Waals surface area (Å²) in [7, 11) is 1.60. The highest BCUT2D eigenvalue weighted by atomic mass is 16.6. The fraction of sp³-hybridized carbons (Fsp3) is 0.188. The number of nitro benzene ring substituents is 1. The lowest BCUT2D eigenvalue weighted by molar-refractivity contribution is -0.384. The SMILES string of the molecule is COc1ccc2[nH]nc(OCCOc3ccc([N+](=O)[O-])cc3)c2c1. The van der Waals surface area contributed by atoms with Crippen molar-refractivity contribution in [2.45, 2.75) is 0 Å². The molecule has 3 aromatic rings. The van der Waals surface area contributed by atoms with Crippen molar-refractivity contribution in [1.82, 2.24) is 10.2 Å². The Morgan fingerprint density at radius 3 is 2.50 bits per heavy atom. The van der Waals surface area contributed by atoms with Crippen LogP contribution in [0.3, 0.4) is 0 Å². The Labute approximate surface area is 137 Å². The van der Waals surface area contributed by atoms with E-state index in [1.807, 2.05) is 18.2 Å². The number of rotatable bonds is 7. The average molecular weight is 329 g/mol. The largest absolute Gasteiger partial charge is 0.497 e. The minimum atomic E-state index is -0.455. The van der Waals surface area contributed by atoms with Gasteiger partial charge in [-0.15, -0.1) is 5.10 Å². The first-order chi connectivity index (χ1) is 11.7. The normalized spacial score (nSPS) is 10.5. The van der Waals surface area contributed by atoms with Crippen molar-refractivity contribution in [1.29, 1.82) is 0 Å². The summed E-state index contributed by atoms with van der Waals surface area (Å²) in [6.45, 7) is 0.574. The molecule has 1 aromatic heterocycles. The van der Waals surface area contributed by atoms with Gasteiger partial charge in [-0.1, -0.05) is 0 Å². The van der Waals surface area contributed by atoms with E-state index in [0.29, 0.717) is 11.6 Å². The Morgan fingerprint density at radius 2 is 1.79 bits per heavy atom. The quantitative estimate of drug-likeness (QED) is 0.406. The van der Waals surface area contributed by atoms with Gasteiger partial charge in [0.15, 0.2) is 0 Å². The second kappa shape index (κ2) is 6.86. The number of ether oxygens (including phenoxy) is 3. The van der Waals surface area contributed by atoms with Gasteiger partial charge in [0.1, 0.15) is 24.7 Å². The van der Waals surface area contributed by atoms with E-state index in [9.17, 15) is 10.1 Å². The number of methoxy groups -OCH3 is 1. The van der Waals surface area contributed by atoms with E-state index in [2.05, 4.69) is 10.2 Å². The molecule has 0 aliphatic heterocycles. The Hall–Kier alpha value is -3.29. The standard InChI is InChI=1S/C16H15N3O5/c1-22-13-6-7-15-14(10-13)16(18-17-15)24-9-8-23-12-4-2-11(3-5-12)19(20)21/h2-7,10H,8-9H2,1H3,(H,17,18). The summed E-state index contributed by atoms with van der Waals surface area (Å²) in [5.41, 5.74) is 0.873. The monoisotopic (exact) mass is 329 g/mol. The zero-order chi connectivity index (χ0) is 16.9. The van der Waals surface area contributed by atoms with Crippen LogP contribution in [0, 0.1) is 10.1 Å². The lowest BCUT2D eigenvalue weighted by Gasteiger charge is -2.07. The minimum Gasteiger partial charge on any atom is -0.497 e. The first kappa shape index (κ1) is 15.6. The van der Waals surface area contributed by atoms with E-state index in [-0.39, 0.29) is 18.9 Å². The van der Waals surface area contributed by atoms with Crippen molar-refractivity contribution in [3.8, 4) is 17.4 Å². The molecule has 0 saturated heterocycles. The van der Waals surface area contributed by atoms with Gasteiger partial charge in [-0.25, -0.2) is 0 Å². The van der Waals surface area contributed by atoms with Crippen molar-refractivity contribution in [2.75, 3.05) is 20.3 Å². The molecule has 8 heteroatoms. The Kier molecular flexibility index (Phi) is 4.46. The lowest BCUT2D eigenvalue weighted by Crippen LogP contribution is -2.09. The number of H-pyrrole nitrogens is 1. The number of nitrogens with one attached hydrogen (secondary N) is 1. The van der Waals surface area contributed by atoms with Crippen LogP contribution in [0.15, 0.2) is 42.5 Å². The Morgan fingerprint density at radius 1 is 1.08 bits per heavy atom. The van der Waals surface area contributed by atoms with Gasteiger partial charge in [0.2, 0.25) is 5.88 Å². The maximum Gasteiger partial charge on any atom is 0.269 e. The molecule has 0 amide bonds. The zero-order valence-electron chi connectivity index (χ0n) is 12.9. The molecule has 0 aliphatic rings. The number of hydrogen-bond donors (Lipinski definition) is 1. The topological polar surface area (TPSA) is 99.5 Å². The molecule has 0 spiro atoms. The zero-order valence-corrected chi connectivity index (χ0v) is 12.9. The van der Waals surface area contributed by atoms with Crippen molar-refractivity contribution in [2.24, 2.45) is 0 Å². The molecule has 0 aliphatic carbocycles. The van der Waals surface area contributed by atoms with Crippen molar-refractivity contribution in [3.63, 3.8) is 0 Å². The number of nitro groups is 1. The van der Waals surface area contributed by atoms with Crippen LogP contribution in [-0.4, -0.2) is 35.4 Å². The summed E-state index contributed by atoms with van der Waals surface area (Å²) in [5.74, 6) is 1.73. The molecular weight excluding hydrogens is 314 g/mol. The number of non-ortho nitro benzene ring substituents is 1. The molecule has 0 unspecified atom stereocenters. The highest BCUT2D eigenvalue weighted by molar-refractivity contribution is 5.85. The highest BCUT2D eigenvalue weighted by Gasteiger charge is 2.08. The maximum atomic E-state index is 10.6. The summed E-state index contributed by atoms with van der Waals surface area (Å²) < 4.78 is 16.3. The van der Waals surface area contributed by atoms with E-state index in [0.717, 1.165) is 16.7 Å². The molecule has 24 heavy (non-hydrogen) atoms. The third-order valence-electron chi connectivity index (χ3n) is 3.37. The summed E-state index contributed by atoms with van der Waals surface area (Å²) in [6, 6.07) is 11.4. The van der Waals surface area contributed by atoms with Crippen LogP contribution in [-0.2, 0) is 0 Å². The van der Waals surface area contributed by atoms with Crippen LogP contribution in [0.1, 0.15) is 0 Å². The van der Waals surface area contributed by atoms with Crippen LogP contribution < -0.4 is 14.2 Å². The first-order valence-corrected chi connectivity index (χ1v) is 7.19. The molecule has 0 saturated carbocycles. The Bertz CT molecular complexity index is 845. The molecule has 1 N–H and O–H groups in total. The number of aromatic nitrogens is 2. The van der Waals surface area contributed by atoms with Crippen LogP contribution in [0.25, 0.3) is 10.9 Å². The highest BCUT2D eigenvalue weighted by Crippen LogP contribution is 2.26. The molecule has 1 heterocycles. The molecule has 0 atom stereocenters. The molecule has 0 bridgehead atoms. The van der Waals surface area contributed by atoms with Crippen LogP contribution in [0.4, 0.5) is 5.69 Å². The smallest absolute Gasteiger partial charge is 0.269 e. The van der Waals surface area contributed by atoms with Crippen LogP contribution in [0.5, 0.6) is 17.4 Å². The van der Waals surface area contributed by atoms with Crippen LogP contribution in [0.2, 0.25) is 0 Å². The first-order valence-electron chi connectivity index (χ1n) is 7.19. The molecule has 0 fully saturated rings. The van der Waals surface area contributed by atoms with E-state index in [1.54, 1.807) is 19.2 Å². The number of nitrogens with zero attached hydrogens (tertiary/aromatic N) is 2. The fourth-order valence-corrected chi connectivity index (χ4v) is 2.17. The van der Waals surface area contributed by atoms with Gasteiger partial charge < -0.3 is 14.2 Å². The molecule has 2 aromatic carbocycles. The molecule has 3 rings (SSSR count). The number of benzene rings is 2. The third kappa shape index (κ3) is 3.37. The van der Waals surface area contributed by atoms with Gasteiger partial charge in [-0.3, -0.25) is 15.2 Å². The van der Waals surface area contributed by atoms with Gasteiger partial charge in [0, 0.05) is 12.1 Å². The van der Waals surface area contributed by atoms with Gasteiger partial charge in [0.25, 0.3) is 5.69 Å². The van der Waals surface area contributed by atoms with Gasteiger partial charge in [-0.05, 0) is 30.3 Å². The van der Waals surface area contributed by atoms with E-state index >= 15 is 0 Å². The molecule has 0 radical (unpaired) electrons. The van der Waals surface area contributed by atoms with Gasteiger partial charge in [0.05, 0.1) is 22.9 Å². The second-order valence-electron chi connectivity index (χ2n) is 4.89. The number of fused-ring (bicyclic) bond motifs is 1. The fourth-order valence-electron chi connectivity index (χ4n) is 2.17. The average Bonchev–Trinajstić information content (AvgIpc) is 3.01. The van der Waals surface area contributed by atoms with E-state index in [1.165, 1.54) is 12.1 Å². The summed E-state index contributed by atoms with van der Waals surface area (Å²) >= 11 is 0. The molecule has 124 valence electrons. The number of hydrogen-bond acceptors (Lipinski definition) is 6. The predicted octanol–water partition coefficient (Wildman–Crippen LogP) is 2.94.